The summed E-state index contributed by atoms with van der Waals surface area (Å²) >= 11 is 16.2. The second kappa shape index (κ2) is 8.44. The molecule has 32 heavy (non-hydrogen) atoms. The summed E-state index contributed by atoms with van der Waals surface area (Å²) in [7, 11) is 0. The molecule has 0 unspecified atom stereocenters. The van der Waals surface area contributed by atoms with Crippen molar-refractivity contribution >= 4 is 68.0 Å². The third-order valence-electron chi connectivity index (χ3n) is 5.29. The molecule has 2 heterocycles. The fourth-order valence-electron chi connectivity index (χ4n) is 3.77. The summed E-state index contributed by atoms with van der Waals surface area (Å²) < 4.78 is 3.03. The molecule has 0 saturated heterocycles. The van der Waals surface area contributed by atoms with Crippen molar-refractivity contribution in [2.24, 2.45) is 0 Å². The molecule has 0 aliphatic rings. The number of hydrogen-bond donors (Lipinski definition) is 0. The monoisotopic (exact) mass is 517 g/mol. The largest absolute Gasteiger partial charge is 0.291 e. The molecule has 3 nitrogen and oxygen atoms in total. The van der Waals surface area contributed by atoms with E-state index in [4.69, 9.17) is 28.2 Å². The van der Waals surface area contributed by atoms with Gasteiger partial charge in [-0.3, -0.25) is 4.40 Å². The molecular formula is C26H14BrCl2N3. The van der Waals surface area contributed by atoms with Gasteiger partial charge < -0.3 is 0 Å². The van der Waals surface area contributed by atoms with Gasteiger partial charge in [0.15, 0.2) is 5.65 Å². The quantitative estimate of drug-likeness (QED) is 0.241. The van der Waals surface area contributed by atoms with E-state index in [-0.39, 0.29) is 0 Å². The minimum Gasteiger partial charge on any atom is -0.291 e. The van der Waals surface area contributed by atoms with E-state index in [9.17, 15) is 5.26 Å². The second-order valence-corrected chi connectivity index (χ2v) is 8.94. The number of imidazole rings is 1. The van der Waals surface area contributed by atoms with Gasteiger partial charge in [0.2, 0.25) is 0 Å². The predicted octanol–water partition coefficient (Wildman–Crippen LogP) is 8.27. The third-order valence-corrected chi connectivity index (χ3v) is 6.48. The first kappa shape index (κ1) is 20.8. The van der Waals surface area contributed by atoms with E-state index < -0.39 is 0 Å². The minimum atomic E-state index is 0.487. The van der Waals surface area contributed by atoms with Gasteiger partial charge in [0.05, 0.1) is 16.7 Å². The first-order valence-electron chi connectivity index (χ1n) is 9.79. The van der Waals surface area contributed by atoms with Crippen LogP contribution in [0.3, 0.4) is 0 Å². The molecule has 3 aromatic carbocycles. The van der Waals surface area contributed by atoms with Crippen LogP contribution in [0.5, 0.6) is 0 Å². The zero-order valence-corrected chi connectivity index (χ0v) is 19.7. The maximum absolute atomic E-state index is 10.1. The zero-order chi connectivity index (χ0) is 22.2. The number of benzene rings is 3. The average molecular weight is 519 g/mol. The van der Waals surface area contributed by atoms with Crippen molar-refractivity contribution < 1.29 is 0 Å². The van der Waals surface area contributed by atoms with Gasteiger partial charge in [-0.05, 0) is 53.6 Å². The predicted molar refractivity (Wildman–Crippen MR) is 136 cm³/mol. The summed E-state index contributed by atoms with van der Waals surface area (Å²) in [5, 5.41) is 11.1. The Bertz CT molecular complexity index is 1540. The van der Waals surface area contributed by atoms with Gasteiger partial charge in [0.1, 0.15) is 11.6 Å². The number of aromatic nitrogens is 2. The topological polar surface area (TPSA) is 41.1 Å². The number of para-hydroxylation sites is 2. The summed E-state index contributed by atoms with van der Waals surface area (Å²) in [6.45, 7) is 0. The Morgan fingerprint density at radius 1 is 0.906 bits per heavy atom. The standard InChI is InChI=1S/C26H14BrCl2N3/c27-18-11-8-16(9-12-18)25-14-17(10-13-19-21(28)4-3-5-22(19)29)20(15-30)26-31-23-6-1-2-7-24(23)32(25)26/h1-14H/b13-10+. The molecule has 0 saturated carbocycles. The molecule has 0 radical (unpaired) electrons. The molecule has 0 spiro atoms. The Labute approximate surface area is 203 Å². The van der Waals surface area contributed by atoms with E-state index in [1.165, 1.54) is 0 Å². The number of hydrogen-bond acceptors (Lipinski definition) is 2. The van der Waals surface area contributed by atoms with Crippen LogP contribution in [0.1, 0.15) is 16.7 Å². The lowest BCUT2D eigenvalue weighted by Crippen LogP contribution is -1.98. The van der Waals surface area contributed by atoms with Crippen molar-refractivity contribution in [1.82, 2.24) is 9.38 Å². The molecule has 154 valence electrons. The van der Waals surface area contributed by atoms with Gasteiger partial charge in [-0.15, -0.1) is 0 Å². The van der Waals surface area contributed by atoms with E-state index in [1.54, 1.807) is 18.2 Å². The smallest absolute Gasteiger partial charge is 0.157 e. The first-order valence-corrected chi connectivity index (χ1v) is 11.3. The lowest BCUT2D eigenvalue weighted by molar-refractivity contribution is 1.21. The van der Waals surface area contributed by atoms with Crippen LogP contribution >= 0.6 is 39.1 Å². The molecule has 0 atom stereocenters. The summed E-state index contributed by atoms with van der Waals surface area (Å²) in [6.07, 6.45) is 3.71. The number of fused-ring (bicyclic) bond motifs is 3. The summed E-state index contributed by atoms with van der Waals surface area (Å²) in [4.78, 5) is 4.79. The van der Waals surface area contributed by atoms with Gasteiger partial charge in [-0.25, -0.2) is 4.98 Å². The Balaban J connectivity index is 1.82. The van der Waals surface area contributed by atoms with Crippen molar-refractivity contribution in [2.75, 3.05) is 0 Å². The molecule has 0 aliphatic carbocycles. The maximum Gasteiger partial charge on any atom is 0.157 e. The van der Waals surface area contributed by atoms with Crippen molar-refractivity contribution in [1.29, 1.82) is 5.26 Å². The number of nitrogens with zero attached hydrogens (tertiary/aromatic N) is 3. The Morgan fingerprint density at radius 3 is 2.34 bits per heavy atom. The minimum absolute atomic E-state index is 0.487. The highest BCUT2D eigenvalue weighted by atomic mass is 79.9. The Kier molecular flexibility index (Phi) is 5.48. The SMILES string of the molecule is N#Cc1c(/C=C/c2c(Cl)cccc2Cl)cc(-c2ccc(Br)cc2)n2c1nc1ccccc12. The van der Waals surface area contributed by atoms with Gasteiger partial charge in [-0.2, -0.15) is 5.26 Å². The van der Waals surface area contributed by atoms with E-state index in [2.05, 4.69) is 22.0 Å². The molecule has 0 aliphatic heterocycles. The van der Waals surface area contributed by atoms with Crippen molar-refractivity contribution in [3.8, 4) is 17.3 Å². The van der Waals surface area contributed by atoms with Crippen LogP contribution < -0.4 is 0 Å². The highest BCUT2D eigenvalue weighted by Gasteiger charge is 2.17. The summed E-state index contributed by atoms with van der Waals surface area (Å²) in [6, 6.07) is 25.7. The molecule has 0 amide bonds. The molecule has 6 heteroatoms. The van der Waals surface area contributed by atoms with Crippen LogP contribution in [0, 0.1) is 11.3 Å². The van der Waals surface area contributed by atoms with E-state index in [1.807, 2.05) is 71.2 Å². The molecule has 5 aromatic rings. The Hall–Kier alpha value is -3.10. The number of pyridine rings is 1. The van der Waals surface area contributed by atoms with Gasteiger partial charge in [-0.1, -0.05) is 81.6 Å². The van der Waals surface area contributed by atoms with Gasteiger partial charge in [0, 0.05) is 20.1 Å². The summed E-state index contributed by atoms with van der Waals surface area (Å²) in [5.41, 5.74) is 6.27. The van der Waals surface area contributed by atoms with Crippen LogP contribution in [0.15, 0.2) is 77.3 Å². The van der Waals surface area contributed by atoms with Gasteiger partial charge in [0.25, 0.3) is 0 Å². The molecule has 2 aromatic heterocycles. The fourth-order valence-corrected chi connectivity index (χ4v) is 4.56. The fraction of sp³-hybridized carbons (Fsp3) is 0. The molecule has 5 rings (SSSR count). The van der Waals surface area contributed by atoms with Crippen LogP contribution in [-0.2, 0) is 0 Å². The van der Waals surface area contributed by atoms with Crippen LogP contribution in [0.2, 0.25) is 10.0 Å². The van der Waals surface area contributed by atoms with Gasteiger partial charge >= 0.3 is 0 Å². The van der Waals surface area contributed by atoms with E-state index in [0.29, 0.717) is 26.8 Å². The molecule has 0 N–H and O–H groups in total. The van der Waals surface area contributed by atoms with Crippen molar-refractivity contribution in [3.63, 3.8) is 0 Å². The second-order valence-electron chi connectivity index (χ2n) is 7.21. The highest BCUT2D eigenvalue weighted by molar-refractivity contribution is 9.10. The first-order chi connectivity index (χ1) is 15.6. The maximum atomic E-state index is 10.1. The summed E-state index contributed by atoms with van der Waals surface area (Å²) in [5.74, 6) is 0. The zero-order valence-electron chi connectivity index (χ0n) is 16.6. The van der Waals surface area contributed by atoms with Crippen LogP contribution in [0.25, 0.3) is 40.1 Å². The third kappa shape index (κ3) is 3.59. The molecule has 0 fully saturated rings. The number of rotatable bonds is 3. The number of halogens is 3. The average Bonchev–Trinajstić information content (AvgIpc) is 3.18. The Morgan fingerprint density at radius 2 is 1.62 bits per heavy atom. The lowest BCUT2D eigenvalue weighted by Gasteiger charge is -2.11. The van der Waals surface area contributed by atoms with Crippen LogP contribution in [0.4, 0.5) is 0 Å². The lowest BCUT2D eigenvalue weighted by atomic mass is 10.0. The molecular weight excluding hydrogens is 505 g/mol. The number of nitriles is 1. The highest BCUT2D eigenvalue weighted by Crippen LogP contribution is 2.32. The van der Waals surface area contributed by atoms with E-state index >= 15 is 0 Å². The molecule has 0 bridgehead atoms. The normalized spacial score (nSPS) is 11.4. The van der Waals surface area contributed by atoms with Crippen LogP contribution in [-0.4, -0.2) is 9.38 Å². The van der Waals surface area contributed by atoms with Crippen molar-refractivity contribution in [3.05, 3.63) is 104 Å². The van der Waals surface area contributed by atoms with Crippen molar-refractivity contribution in [2.45, 2.75) is 0 Å². The van der Waals surface area contributed by atoms with E-state index in [0.717, 1.165) is 32.3 Å².